The number of fused-ring (bicyclic) bond motifs is 1. The van der Waals surface area contributed by atoms with Crippen LogP contribution in [0.3, 0.4) is 0 Å². The highest BCUT2D eigenvalue weighted by atomic mass is 32.1. The lowest BCUT2D eigenvalue weighted by Crippen LogP contribution is -2.05. The quantitative estimate of drug-likeness (QED) is 0.804. The van der Waals surface area contributed by atoms with Crippen LogP contribution in [0.15, 0.2) is 24.3 Å². The van der Waals surface area contributed by atoms with E-state index in [1.54, 1.807) is 6.92 Å². The van der Waals surface area contributed by atoms with Crippen molar-refractivity contribution in [2.75, 3.05) is 0 Å². The van der Waals surface area contributed by atoms with Crippen LogP contribution in [-0.2, 0) is 12.8 Å². The van der Waals surface area contributed by atoms with Crippen LogP contribution in [-0.4, -0.2) is 25.7 Å². The Kier molecular flexibility index (Phi) is 3.47. The van der Waals surface area contributed by atoms with Crippen LogP contribution >= 0.6 is 11.3 Å². The first-order valence-electron chi connectivity index (χ1n) is 6.68. The highest BCUT2D eigenvalue weighted by Crippen LogP contribution is 2.20. The predicted molar refractivity (Wildman–Crippen MR) is 81.1 cm³/mol. The molecule has 0 fully saturated rings. The number of nitrogens with zero attached hydrogens (tertiary/aromatic N) is 3. The van der Waals surface area contributed by atoms with E-state index >= 15 is 0 Å². The predicted octanol–water partition coefficient (Wildman–Crippen LogP) is 2.89. The Labute approximate surface area is 125 Å². The summed E-state index contributed by atoms with van der Waals surface area (Å²) in [6, 6.07) is 8.41. The zero-order chi connectivity index (χ0) is 15.0. The van der Waals surface area contributed by atoms with E-state index < -0.39 is 5.97 Å². The van der Waals surface area contributed by atoms with Gasteiger partial charge in [0.15, 0.2) is 5.69 Å². The summed E-state index contributed by atoms with van der Waals surface area (Å²) in [5.41, 5.74) is 3.16. The van der Waals surface area contributed by atoms with Crippen molar-refractivity contribution in [2.45, 2.75) is 26.7 Å². The number of carbonyl (C=O) groups is 1. The lowest BCUT2D eigenvalue weighted by molar-refractivity contribution is 0.0687. The fourth-order valence-electron chi connectivity index (χ4n) is 2.24. The Hall–Kier alpha value is -2.21. The van der Waals surface area contributed by atoms with Crippen LogP contribution in [0.25, 0.3) is 4.96 Å². The minimum Gasteiger partial charge on any atom is -0.476 e. The fourth-order valence-corrected chi connectivity index (χ4v) is 3.18. The van der Waals surface area contributed by atoms with Gasteiger partial charge < -0.3 is 5.11 Å². The molecule has 0 unspecified atom stereocenters. The van der Waals surface area contributed by atoms with Crippen LogP contribution in [0.2, 0.25) is 0 Å². The number of aromatic nitrogens is 3. The monoisotopic (exact) mass is 301 g/mol. The fraction of sp³-hybridized carbons (Fsp3) is 0.267. The van der Waals surface area contributed by atoms with Gasteiger partial charge in [0.1, 0.15) is 5.01 Å². The van der Waals surface area contributed by atoms with Crippen LogP contribution in [0.4, 0.5) is 0 Å². The van der Waals surface area contributed by atoms with Crippen molar-refractivity contribution in [3.05, 3.63) is 51.8 Å². The van der Waals surface area contributed by atoms with Gasteiger partial charge in [-0.3, -0.25) is 0 Å². The average molecular weight is 301 g/mol. The molecule has 0 saturated heterocycles. The molecular weight excluding hydrogens is 286 g/mol. The zero-order valence-corrected chi connectivity index (χ0v) is 12.6. The topological polar surface area (TPSA) is 67.5 Å². The van der Waals surface area contributed by atoms with E-state index in [-0.39, 0.29) is 5.69 Å². The number of imidazole rings is 1. The number of aromatic carboxylic acids is 1. The molecule has 2 heterocycles. The van der Waals surface area contributed by atoms with Gasteiger partial charge in [-0.15, -0.1) is 0 Å². The molecule has 1 aromatic carbocycles. The Morgan fingerprint density at radius 3 is 2.62 bits per heavy atom. The molecule has 3 aromatic rings. The average Bonchev–Trinajstić information content (AvgIpc) is 2.93. The van der Waals surface area contributed by atoms with Gasteiger partial charge in [-0.05, 0) is 25.8 Å². The maximum atomic E-state index is 11.2. The third kappa shape index (κ3) is 2.67. The first-order valence-corrected chi connectivity index (χ1v) is 7.50. The third-order valence-electron chi connectivity index (χ3n) is 3.37. The van der Waals surface area contributed by atoms with Gasteiger partial charge in [0, 0.05) is 6.42 Å². The molecule has 0 bridgehead atoms. The molecule has 0 atom stereocenters. The second-order valence-electron chi connectivity index (χ2n) is 5.03. The Morgan fingerprint density at radius 2 is 1.95 bits per heavy atom. The van der Waals surface area contributed by atoms with E-state index in [2.05, 4.69) is 41.3 Å². The summed E-state index contributed by atoms with van der Waals surface area (Å²) in [6.45, 7) is 3.76. The molecular formula is C15H15N3O2S. The molecule has 0 saturated carbocycles. The lowest BCUT2D eigenvalue weighted by Gasteiger charge is -1.99. The number of hydrogen-bond donors (Lipinski definition) is 1. The molecule has 3 rings (SSSR count). The van der Waals surface area contributed by atoms with Crippen molar-refractivity contribution < 1.29 is 9.90 Å². The number of rotatable bonds is 4. The number of carboxylic acid groups (broad SMARTS) is 1. The van der Waals surface area contributed by atoms with E-state index in [4.69, 9.17) is 0 Å². The molecule has 2 aromatic heterocycles. The van der Waals surface area contributed by atoms with Crippen LogP contribution in [0.1, 0.15) is 32.3 Å². The van der Waals surface area contributed by atoms with Gasteiger partial charge in [-0.25, -0.2) is 9.78 Å². The number of carboxylic acids is 1. The van der Waals surface area contributed by atoms with E-state index in [0.717, 1.165) is 17.8 Å². The summed E-state index contributed by atoms with van der Waals surface area (Å²) in [7, 11) is 0. The minimum atomic E-state index is -0.990. The Balaban J connectivity index is 1.82. The molecule has 0 aliphatic carbocycles. The number of hydrogen-bond acceptors (Lipinski definition) is 4. The summed E-state index contributed by atoms with van der Waals surface area (Å²) in [6.07, 6.45) is 1.67. The molecule has 21 heavy (non-hydrogen) atoms. The summed E-state index contributed by atoms with van der Waals surface area (Å²) in [4.78, 5) is 16.1. The van der Waals surface area contributed by atoms with Gasteiger partial charge in [0.2, 0.25) is 4.96 Å². The van der Waals surface area contributed by atoms with Crippen molar-refractivity contribution in [3.8, 4) is 0 Å². The smallest absolute Gasteiger partial charge is 0.356 e. The highest BCUT2D eigenvalue weighted by molar-refractivity contribution is 7.16. The van der Waals surface area contributed by atoms with Gasteiger partial charge in [0.05, 0.1) is 5.69 Å². The SMILES string of the molecule is Cc1ccc(CCc2nn3c(C(=O)O)c(C)nc3s2)cc1. The Morgan fingerprint density at radius 1 is 1.24 bits per heavy atom. The molecule has 5 nitrogen and oxygen atoms in total. The molecule has 0 amide bonds. The first kappa shape index (κ1) is 13.8. The van der Waals surface area contributed by atoms with Crippen LogP contribution < -0.4 is 0 Å². The Bertz CT molecular complexity index is 802. The maximum absolute atomic E-state index is 11.2. The van der Waals surface area contributed by atoms with E-state index in [1.807, 2.05) is 0 Å². The molecule has 0 aliphatic heterocycles. The second-order valence-corrected chi connectivity index (χ2v) is 6.07. The largest absolute Gasteiger partial charge is 0.476 e. The lowest BCUT2D eigenvalue weighted by atomic mass is 10.1. The normalized spacial score (nSPS) is 11.1. The summed E-state index contributed by atoms with van der Waals surface area (Å²) in [5.74, 6) is -0.990. The second kappa shape index (κ2) is 5.29. The van der Waals surface area contributed by atoms with Crippen molar-refractivity contribution in [1.82, 2.24) is 14.6 Å². The van der Waals surface area contributed by atoms with Gasteiger partial charge in [0.25, 0.3) is 0 Å². The van der Waals surface area contributed by atoms with Gasteiger partial charge in [-0.1, -0.05) is 41.2 Å². The zero-order valence-electron chi connectivity index (χ0n) is 11.8. The third-order valence-corrected chi connectivity index (χ3v) is 4.34. The molecule has 1 N–H and O–H groups in total. The molecule has 0 spiro atoms. The van der Waals surface area contributed by atoms with Crippen molar-refractivity contribution >= 4 is 22.3 Å². The number of aryl methyl sites for hydroxylation is 4. The van der Waals surface area contributed by atoms with Gasteiger partial charge in [-0.2, -0.15) is 9.61 Å². The van der Waals surface area contributed by atoms with Crippen LogP contribution in [0, 0.1) is 13.8 Å². The van der Waals surface area contributed by atoms with Crippen molar-refractivity contribution in [1.29, 1.82) is 0 Å². The van der Waals surface area contributed by atoms with Crippen molar-refractivity contribution in [2.24, 2.45) is 0 Å². The molecule has 0 aliphatic rings. The van der Waals surface area contributed by atoms with Crippen LogP contribution in [0.5, 0.6) is 0 Å². The van der Waals surface area contributed by atoms with Gasteiger partial charge >= 0.3 is 5.97 Å². The highest BCUT2D eigenvalue weighted by Gasteiger charge is 2.19. The summed E-state index contributed by atoms with van der Waals surface area (Å²) >= 11 is 1.45. The van der Waals surface area contributed by atoms with E-state index in [9.17, 15) is 9.90 Å². The summed E-state index contributed by atoms with van der Waals surface area (Å²) < 4.78 is 1.44. The standard InChI is InChI=1S/C15H15N3O2S/c1-9-3-5-11(6-4-9)7-8-12-17-18-13(14(19)20)10(2)16-15(18)21-12/h3-6H,7-8H2,1-2H3,(H,19,20). The summed E-state index contributed by atoms with van der Waals surface area (Å²) in [5, 5.41) is 14.5. The number of benzene rings is 1. The van der Waals surface area contributed by atoms with E-state index in [0.29, 0.717) is 10.7 Å². The minimum absolute atomic E-state index is 0.155. The molecule has 6 heteroatoms. The maximum Gasteiger partial charge on any atom is 0.356 e. The molecule has 108 valence electrons. The van der Waals surface area contributed by atoms with Crippen molar-refractivity contribution in [3.63, 3.8) is 0 Å². The first-order chi connectivity index (χ1) is 10.0. The molecule has 0 radical (unpaired) electrons. The van der Waals surface area contributed by atoms with E-state index in [1.165, 1.54) is 27.0 Å².